The van der Waals surface area contributed by atoms with Crippen LogP contribution in [-0.4, -0.2) is 12.6 Å². The third-order valence-electron chi connectivity index (χ3n) is 7.99. The van der Waals surface area contributed by atoms with E-state index in [0.717, 1.165) is 18.4 Å². The van der Waals surface area contributed by atoms with Gasteiger partial charge in [0.2, 0.25) is 0 Å². The summed E-state index contributed by atoms with van der Waals surface area (Å²) in [6, 6.07) is 12.8. The number of rotatable bonds is 8. The van der Waals surface area contributed by atoms with Gasteiger partial charge in [-0.15, -0.1) is 0 Å². The van der Waals surface area contributed by atoms with Crippen LogP contribution in [0.4, 0.5) is 0 Å². The molecule has 0 bridgehead atoms. The molecule has 33 heavy (non-hydrogen) atoms. The fraction of sp³-hybridized carbons (Fsp3) is 0.516. The van der Waals surface area contributed by atoms with Crippen molar-refractivity contribution in [2.75, 3.05) is 6.61 Å². The van der Waals surface area contributed by atoms with Crippen LogP contribution in [0.1, 0.15) is 113 Å². The van der Waals surface area contributed by atoms with Crippen LogP contribution >= 0.6 is 0 Å². The Hall–Kier alpha value is -2.35. The van der Waals surface area contributed by atoms with Crippen LogP contribution in [-0.2, 0) is 22.0 Å². The fourth-order valence-electron chi connectivity index (χ4n) is 5.34. The number of hydrogen-bond donors (Lipinski definition) is 0. The van der Waals surface area contributed by atoms with Crippen molar-refractivity contribution in [3.05, 3.63) is 69.8 Å². The van der Waals surface area contributed by atoms with Gasteiger partial charge in [0.05, 0.1) is 12.2 Å². The molecule has 3 rings (SSSR count). The van der Waals surface area contributed by atoms with Crippen LogP contribution in [0, 0.1) is 5.92 Å². The van der Waals surface area contributed by atoms with Gasteiger partial charge in [-0.25, -0.2) is 4.79 Å². The maximum atomic E-state index is 12.1. The molecule has 178 valence electrons. The topological polar surface area (TPSA) is 26.3 Å². The average molecular weight is 447 g/mol. The molecule has 0 N–H and O–H groups in total. The minimum atomic E-state index is -0.247. The SMILES string of the molecule is CCCCc1cc2c(cc1C(C)=Cc1ccc(C(=O)OCCC)cc1)C(C)(C)C(C)C2(C)C. The summed E-state index contributed by atoms with van der Waals surface area (Å²) in [6.45, 7) is 19.0. The zero-order valence-electron chi connectivity index (χ0n) is 22.0. The van der Waals surface area contributed by atoms with Gasteiger partial charge in [-0.3, -0.25) is 0 Å². The van der Waals surface area contributed by atoms with Gasteiger partial charge in [0.1, 0.15) is 0 Å². The van der Waals surface area contributed by atoms with Gasteiger partial charge < -0.3 is 4.74 Å². The second-order valence-electron chi connectivity index (χ2n) is 10.9. The highest BCUT2D eigenvalue weighted by Gasteiger charge is 2.48. The number of esters is 1. The van der Waals surface area contributed by atoms with E-state index in [2.05, 4.69) is 66.7 Å². The van der Waals surface area contributed by atoms with Gasteiger partial charge in [-0.2, -0.15) is 0 Å². The molecule has 0 radical (unpaired) electrons. The lowest BCUT2D eigenvalue weighted by molar-refractivity contribution is 0.0505. The summed E-state index contributed by atoms with van der Waals surface area (Å²) in [5.74, 6) is 0.335. The molecule has 0 saturated heterocycles. The maximum Gasteiger partial charge on any atom is 0.338 e. The average Bonchev–Trinajstić information content (AvgIpc) is 2.92. The van der Waals surface area contributed by atoms with Crippen LogP contribution < -0.4 is 0 Å². The summed E-state index contributed by atoms with van der Waals surface area (Å²) < 4.78 is 5.25. The van der Waals surface area contributed by atoms with Crippen molar-refractivity contribution in [2.24, 2.45) is 5.92 Å². The van der Waals surface area contributed by atoms with E-state index >= 15 is 0 Å². The van der Waals surface area contributed by atoms with Gasteiger partial charge in [0.25, 0.3) is 0 Å². The molecule has 2 nitrogen and oxygen atoms in total. The van der Waals surface area contributed by atoms with Crippen molar-refractivity contribution in [2.45, 2.75) is 91.9 Å². The Morgan fingerprint density at radius 1 is 0.970 bits per heavy atom. The largest absolute Gasteiger partial charge is 0.462 e. The zero-order chi connectivity index (χ0) is 24.4. The molecule has 0 aromatic heterocycles. The summed E-state index contributed by atoms with van der Waals surface area (Å²) in [4.78, 5) is 12.1. The number of fused-ring (bicyclic) bond motifs is 1. The fourth-order valence-corrected chi connectivity index (χ4v) is 5.34. The number of carbonyl (C=O) groups is 1. The number of ether oxygens (including phenoxy) is 1. The summed E-state index contributed by atoms with van der Waals surface area (Å²) in [6.07, 6.45) is 6.58. The van der Waals surface area contributed by atoms with E-state index in [1.807, 2.05) is 31.2 Å². The van der Waals surface area contributed by atoms with Gasteiger partial charge in [-0.1, -0.05) is 85.2 Å². The second kappa shape index (κ2) is 9.87. The number of aryl methyl sites for hydroxylation is 1. The molecule has 0 fully saturated rings. The lowest BCUT2D eigenvalue weighted by Gasteiger charge is -2.32. The van der Waals surface area contributed by atoms with E-state index in [1.165, 1.54) is 40.7 Å². The van der Waals surface area contributed by atoms with Gasteiger partial charge in [0.15, 0.2) is 0 Å². The summed E-state index contributed by atoms with van der Waals surface area (Å²) in [5.41, 5.74) is 9.17. The Morgan fingerprint density at radius 3 is 2.15 bits per heavy atom. The molecule has 1 aliphatic carbocycles. The summed E-state index contributed by atoms with van der Waals surface area (Å²) in [7, 11) is 0. The Labute approximate surface area is 201 Å². The van der Waals surface area contributed by atoms with Crippen molar-refractivity contribution in [3.8, 4) is 0 Å². The smallest absolute Gasteiger partial charge is 0.338 e. The lowest BCUT2D eigenvalue weighted by Crippen LogP contribution is -2.30. The third kappa shape index (κ3) is 4.95. The first-order chi connectivity index (χ1) is 15.5. The third-order valence-corrected chi connectivity index (χ3v) is 7.99. The summed E-state index contributed by atoms with van der Waals surface area (Å²) in [5, 5.41) is 0. The monoisotopic (exact) mass is 446 g/mol. The summed E-state index contributed by atoms with van der Waals surface area (Å²) >= 11 is 0. The standard InChI is InChI=1S/C31H42O2/c1-9-11-12-25-19-27-28(31(7,8)22(4)30(27,5)6)20-26(25)21(3)18-23-13-15-24(16-14-23)29(32)33-17-10-2/h13-16,18-20,22H,9-12,17H2,1-8H3. The number of unbranched alkanes of at least 4 members (excludes halogenated alkanes) is 1. The van der Waals surface area contributed by atoms with E-state index in [0.29, 0.717) is 18.1 Å². The van der Waals surface area contributed by atoms with Crippen molar-refractivity contribution in [1.82, 2.24) is 0 Å². The molecule has 1 aliphatic rings. The normalized spacial score (nSPS) is 18.8. The predicted molar refractivity (Wildman–Crippen MR) is 141 cm³/mol. The van der Waals surface area contributed by atoms with E-state index in [-0.39, 0.29) is 16.8 Å². The molecule has 2 aromatic carbocycles. The highest BCUT2D eigenvalue weighted by Crippen LogP contribution is 2.54. The number of carbonyl (C=O) groups excluding carboxylic acids is 1. The van der Waals surface area contributed by atoms with Crippen molar-refractivity contribution in [3.63, 3.8) is 0 Å². The highest BCUT2D eigenvalue weighted by molar-refractivity contribution is 5.90. The van der Waals surface area contributed by atoms with Crippen molar-refractivity contribution in [1.29, 1.82) is 0 Å². The molecule has 1 unspecified atom stereocenters. The van der Waals surface area contributed by atoms with E-state index in [4.69, 9.17) is 4.74 Å². The predicted octanol–water partition coefficient (Wildman–Crippen LogP) is 8.36. The van der Waals surface area contributed by atoms with Gasteiger partial charge in [-0.05, 0) is 88.5 Å². The molecule has 2 aromatic rings. The molecular formula is C31H42O2. The molecule has 0 aliphatic heterocycles. The molecule has 0 saturated carbocycles. The lowest BCUT2D eigenvalue weighted by atomic mass is 9.71. The number of hydrogen-bond acceptors (Lipinski definition) is 2. The zero-order valence-corrected chi connectivity index (χ0v) is 22.0. The van der Waals surface area contributed by atoms with Crippen LogP contribution in [0.15, 0.2) is 36.4 Å². The number of allylic oxidation sites excluding steroid dienone is 1. The minimum Gasteiger partial charge on any atom is -0.462 e. The molecule has 0 heterocycles. The second-order valence-corrected chi connectivity index (χ2v) is 10.9. The number of benzene rings is 2. The van der Waals surface area contributed by atoms with Crippen LogP contribution in [0.25, 0.3) is 11.6 Å². The van der Waals surface area contributed by atoms with Crippen LogP contribution in [0.5, 0.6) is 0 Å². The Balaban J connectivity index is 2.00. The first-order valence-electron chi connectivity index (χ1n) is 12.7. The van der Waals surface area contributed by atoms with E-state index in [9.17, 15) is 4.79 Å². The van der Waals surface area contributed by atoms with Gasteiger partial charge in [0, 0.05) is 0 Å². The molecular weight excluding hydrogens is 404 g/mol. The van der Waals surface area contributed by atoms with Gasteiger partial charge >= 0.3 is 5.97 Å². The Bertz CT molecular complexity index is 1020. The quantitative estimate of drug-likeness (QED) is 0.301. The first kappa shape index (κ1) is 25.3. The first-order valence-corrected chi connectivity index (χ1v) is 12.7. The minimum absolute atomic E-state index is 0.150. The Morgan fingerprint density at radius 2 is 1.58 bits per heavy atom. The van der Waals surface area contributed by atoms with E-state index < -0.39 is 0 Å². The van der Waals surface area contributed by atoms with Crippen molar-refractivity contribution >= 4 is 17.6 Å². The maximum absolute atomic E-state index is 12.1. The van der Waals surface area contributed by atoms with E-state index in [1.54, 1.807) is 0 Å². The highest BCUT2D eigenvalue weighted by atomic mass is 16.5. The molecule has 1 atom stereocenters. The molecule has 0 spiro atoms. The molecule has 2 heteroatoms. The van der Waals surface area contributed by atoms with Crippen LogP contribution in [0.3, 0.4) is 0 Å². The van der Waals surface area contributed by atoms with Crippen LogP contribution in [0.2, 0.25) is 0 Å². The van der Waals surface area contributed by atoms with Crippen molar-refractivity contribution < 1.29 is 9.53 Å². The molecule has 0 amide bonds. The Kier molecular flexibility index (Phi) is 7.56.